The number of hydrogen-bond donors (Lipinski definition) is 2. The highest BCUT2D eigenvalue weighted by Crippen LogP contribution is 2.42. The van der Waals surface area contributed by atoms with Gasteiger partial charge >= 0.3 is 0 Å². The first kappa shape index (κ1) is 22.4. The number of hydrogen-bond acceptors (Lipinski definition) is 6. The van der Waals surface area contributed by atoms with Gasteiger partial charge in [-0.3, -0.25) is 14.8 Å². The molecule has 0 radical (unpaired) electrons. The number of fused-ring (bicyclic) bond motifs is 1. The highest BCUT2D eigenvalue weighted by Gasteiger charge is 2.20. The standard InChI is InChI=1S/C22H20N2O5S2/c1-3-16(24(26)27)13-15(2)31(28,29)23-20-14-21(30-17-9-5-4-6-10-17)22(25)19-12-8-7-11-18(19)20/h3-14,23,25H,1-2H3. The van der Waals surface area contributed by atoms with E-state index in [1.807, 2.05) is 30.3 Å². The zero-order chi connectivity index (χ0) is 22.6. The Labute approximate surface area is 184 Å². The highest BCUT2D eigenvalue weighted by molar-refractivity contribution is 7.99. The van der Waals surface area contributed by atoms with Crippen LogP contribution < -0.4 is 4.72 Å². The summed E-state index contributed by atoms with van der Waals surface area (Å²) >= 11 is 1.30. The van der Waals surface area contributed by atoms with E-state index in [0.717, 1.165) is 11.0 Å². The molecule has 160 valence electrons. The molecule has 0 atom stereocenters. The molecule has 0 aliphatic carbocycles. The average Bonchev–Trinajstić information content (AvgIpc) is 2.75. The summed E-state index contributed by atoms with van der Waals surface area (Å²) in [4.78, 5) is 11.5. The van der Waals surface area contributed by atoms with Crippen LogP contribution in [0.3, 0.4) is 0 Å². The van der Waals surface area contributed by atoms with Crippen molar-refractivity contribution in [2.24, 2.45) is 0 Å². The molecule has 0 bridgehead atoms. The number of phenols is 1. The predicted octanol–water partition coefficient (Wildman–Crippen LogP) is 5.52. The van der Waals surface area contributed by atoms with Crippen LogP contribution in [-0.2, 0) is 10.0 Å². The monoisotopic (exact) mass is 456 g/mol. The van der Waals surface area contributed by atoms with Crippen molar-refractivity contribution in [2.45, 2.75) is 23.6 Å². The maximum Gasteiger partial charge on any atom is 0.266 e. The van der Waals surface area contributed by atoms with E-state index in [-0.39, 0.29) is 22.0 Å². The fourth-order valence-corrected chi connectivity index (χ4v) is 4.69. The maximum absolute atomic E-state index is 12.9. The fourth-order valence-electron chi connectivity index (χ4n) is 2.86. The number of nitrogens with one attached hydrogen (secondary N) is 1. The Bertz CT molecular complexity index is 1300. The van der Waals surface area contributed by atoms with Crippen molar-refractivity contribution in [2.75, 3.05) is 4.72 Å². The van der Waals surface area contributed by atoms with E-state index in [1.165, 1.54) is 31.7 Å². The second-order valence-corrected chi connectivity index (χ2v) is 9.53. The number of allylic oxidation sites excluding steroid dienone is 3. The lowest BCUT2D eigenvalue weighted by Crippen LogP contribution is -2.14. The summed E-state index contributed by atoms with van der Waals surface area (Å²) in [5.41, 5.74) is -0.0542. The molecule has 31 heavy (non-hydrogen) atoms. The number of anilines is 1. The van der Waals surface area contributed by atoms with Crippen molar-refractivity contribution in [3.63, 3.8) is 0 Å². The third kappa shape index (κ3) is 5.07. The second-order valence-electron chi connectivity index (χ2n) is 6.56. The Balaban J connectivity index is 2.08. The van der Waals surface area contributed by atoms with Crippen molar-refractivity contribution in [3.05, 3.63) is 93.5 Å². The normalized spacial score (nSPS) is 12.7. The van der Waals surface area contributed by atoms with Gasteiger partial charge in [0, 0.05) is 21.7 Å². The fraction of sp³-hybridized carbons (Fsp3) is 0.0909. The highest BCUT2D eigenvalue weighted by atomic mass is 32.2. The molecule has 0 aliphatic heterocycles. The first-order chi connectivity index (χ1) is 14.7. The minimum atomic E-state index is -4.07. The molecule has 0 saturated heterocycles. The van der Waals surface area contributed by atoms with Gasteiger partial charge in [0.1, 0.15) is 5.75 Å². The van der Waals surface area contributed by atoms with E-state index < -0.39 is 14.9 Å². The number of nitrogens with zero attached hydrogens (tertiary/aromatic N) is 1. The summed E-state index contributed by atoms with van der Waals surface area (Å²) < 4.78 is 28.3. The van der Waals surface area contributed by atoms with E-state index in [4.69, 9.17) is 0 Å². The summed E-state index contributed by atoms with van der Waals surface area (Å²) in [6.45, 7) is 2.75. The Morgan fingerprint density at radius 2 is 1.71 bits per heavy atom. The SMILES string of the molecule is CC=C(C=C(C)S(=O)(=O)Nc1cc(Sc2ccccc2)c(O)c2ccccc12)[N+](=O)[O-]. The molecular weight excluding hydrogens is 436 g/mol. The lowest BCUT2D eigenvalue weighted by Gasteiger charge is -2.15. The third-order valence-electron chi connectivity index (χ3n) is 4.48. The topological polar surface area (TPSA) is 110 Å². The van der Waals surface area contributed by atoms with Gasteiger partial charge in [-0.15, -0.1) is 0 Å². The van der Waals surface area contributed by atoms with Gasteiger partial charge in [0.05, 0.1) is 20.4 Å². The zero-order valence-corrected chi connectivity index (χ0v) is 18.4. The number of rotatable bonds is 7. The van der Waals surface area contributed by atoms with Gasteiger partial charge in [0.15, 0.2) is 0 Å². The van der Waals surface area contributed by atoms with Crippen LogP contribution in [0.1, 0.15) is 13.8 Å². The van der Waals surface area contributed by atoms with Crippen LogP contribution in [0.2, 0.25) is 0 Å². The van der Waals surface area contributed by atoms with Crippen LogP contribution in [0.15, 0.2) is 93.2 Å². The Kier molecular flexibility index (Phi) is 6.67. The molecular formula is C22H20N2O5S2. The molecule has 3 rings (SSSR count). The maximum atomic E-state index is 12.9. The van der Waals surface area contributed by atoms with Crippen LogP contribution in [0.25, 0.3) is 10.8 Å². The summed E-state index contributed by atoms with van der Waals surface area (Å²) in [5, 5.41) is 22.8. The van der Waals surface area contributed by atoms with Crippen molar-refractivity contribution >= 4 is 38.2 Å². The van der Waals surface area contributed by atoms with Crippen LogP contribution in [0.5, 0.6) is 5.75 Å². The molecule has 0 unspecified atom stereocenters. The van der Waals surface area contributed by atoms with Gasteiger partial charge in [-0.05, 0) is 38.1 Å². The quantitative estimate of drug-likeness (QED) is 0.210. The molecule has 0 saturated carbocycles. The van der Waals surface area contributed by atoms with Gasteiger partial charge in [0.2, 0.25) is 0 Å². The molecule has 9 heteroatoms. The summed E-state index contributed by atoms with van der Waals surface area (Å²) in [6.07, 6.45) is 2.23. The molecule has 0 aliphatic rings. The van der Waals surface area contributed by atoms with E-state index >= 15 is 0 Å². The minimum absolute atomic E-state index is 0.0456. The van der Waals surface area contributed by atoms with Crippen LogP contribution >= 0.6 is 11.8 Å². The number of nitro groups is 1. The van der Waals surface area contributed by atoms with Crippen molar-refractivity contribution in [3.8, 4) is 5.75 Å². The summed E-state index contributed by atoms with van der Waals surface area (Å²) in [5.74, 6) is 0.0456. The Morgan fingerprint density at radius 3 is 2.32 bits per heavy atom. The van der Waals surface area contributed by atoms with E-state index in [2.05, 4.69) is 4.72 Å². The molecule has 0 fully saturated rings. The van der Waals surface area contributed by atoms with Gasteiger partial charge in [-0.25, -0.2) is 8.42 Å². The molecule has 3 aromatic carbocycles. The molecule has 7 nitrogen and oxygen atoms in total. The van der Waals surface area contributed by atoms with Crippen LogP contribution in [0.4, 0.5) is 5.69 Å². The molecule has 0 aromatic heterocycles. The first-order valence-electron chi connectivity index (χ1n) is 9.22. The summed E-state index contributed by atoms with van der Waals surface area (Å²) in [6, 6.07) is 17.8. The average molecular weight is 457 g/mol. The van der Waals surface area contributed by atoms with Crippen molar-refractivity contribution in [1.82, 2.24) is 0 Å². The lowest BCUT2D eigenvalue weighted by molar-refractivity contribution is -0.419. The zero-order valence-electron chi connectivity index (χ0n) is 16.8. The van der Waals surface area contributed by atoms with Gasteiger partial charge in [-0.1, -0.05) is 54.2 Å². The van der Waals surface area contributed by atoms with Gasteiger partial charge in [0.25, 0.3) is 15.7 Å². The third-order valence-corrected chi connectivity index (χ3v) is 6.97. The van der Waals surface area contributed by atoms with E-state index in [9.17, 15) is 23.6 Å². The molecule has 2 N–H and O–H groups in total. The van der Waals surface area contributed by atoms with Crippen LogP contribution in [-0.4, -0.2) is 18.4 Å². The van der Waals surface area contributed by atoms with Gasteiger partial charge in [-0.2, -0.15) is 0 Å². The van der Waals surface area contributed by atoms with Gasteiger partial charge < -0.3 is 5.11 Å². The van der Waals surface area contributed by atoms with Crippen molar-refractivity contribution < 1.29 is 18.4 Å². The largest absolute Gasteiger partial charge is 0.506 e. The Morgan fingerprint density at radius 1 is 1.10 bits per heavy atom. The van der Waals surface area contributed by atoms with E-state index in [1.54, 1.807) is 30.3 Å². The molecule has 0 heterocycles. The van der Waals surface area contributed by atoms with Crippen molar-refractivity contribution in [1.29, 1.82) is 0 Å². The van der Waals surface area contributed by atoms with Crippen LogP contribution in [0, 0.1) is 10.1 Å². The number of aromatic hydroxyl groups is 1. The summed E-state index contributed by atoms with van der Waals surface area (Å²) in [7, 11) is -4.07. The minimum Gasteiger partial charge on any atom is -0.506 e. The Hall–Kier alpha value is -3.30. The number of sulfonamides is 1. The smallest absolute Gasteiger partial charge is 0.266 e. The second kappa shape index (κ2) is 9.23. The van der Waals surface area contributed by atoms with E-state index in [0.29, 0.717) is 15.7 Å². The number of benzene rings is 3. The molecule has 0 amide bonds. The molecule has 0 spiro atoms. The predicted molar refractivity (Wildman–Crippen MR) is 123 cm³/mol. The lowest BCUT2D eigenvalue weighted by atomic mass is 10.1. The number of phenolic OH excluding ortho intramolecular Hbond substituents is 1. The first-order valence-corrected chi connectivity index (χ1v) is 11.5. The molecule has 3 aromatic rings.